The van der Waals surface area contributed by atoms with Gasteiger partial charge in [0.2, 0.25) is 5.91 Å². The minimum absolute atomic E-state index is 0.167. The van der Waals surface area contributed by atoms with Crippen LogP contribution < -0.4 is 5.32 Å². The lowest BCUT2D eigenvalue weighted by Crippen LogP contribution is -2.37. The normalized spacial score (nSPS) is 21.6. The van der Waals surface area contributed by atoms with E-state index in [-0.39, 0.29) is 18.5 Å². The molecule has 0 saturated carbocycles. The topological polar surface area (TPSA) is 58.6 Å². The monoisotopic (exact) mass is 328 g/mol. The lowest BCUT2D eigenvalue weighted by Gasteiger charge is -2.22. The van der Waals surface area contributed by atoms with Gasteiger partial charge >= 0.3 is 5.97 Å². The Labute approximate surface area is 133 Å². The molecule has 1 fully saturated rings. The van der Waals surface area contributed by atoms with Crippen molar-refractivity contribution in [1.82, 2.24) is 10.2 Å². The zero-order valence-corrected chi connectivity index (χ0v) is 13.2. The fourth-order valence-electron chi connectivity index (χ4n) is 2.74. The van der Waals surface area contributed by atoms with E-state index in [1.165, 1.54) is 26.2 Å². The molecule has 2 rings (SSSR count). The maximum atomic E-state index is 13.9. The van der Waals surface area contributed by atoms with Crippen LogP contribution in [0.25, 0.3) is 0 Å². The van der Waals surface area contributed by atoms with Crippen molar-refractivity contribution in [2.75, 3.05) is 13.7 Å². The smallest absolute Gasteiger partial charge is 0.323 e. The Morgan fingerprint density at radius 1 is 1.50 bits per heavy atom. The number of halogens is 2. The number of hydrogen-bond donors (Lipinski definition) is 1. The molecule has 0 aliphatic carbocycles. The van der Waals surface area contributed by atoms with Crippen LogP contribution in [0, 0.1) is 5.82 Å². The molecule has 1 aromatic carbocycles. The number of hydrogen-bond acceptors (Lipinski definition) is 4. The first-order valence-corrected chi connectivity index (χ1v) is 7.32. The molecule has 5 nitrogen and oxygen atoms in total. The van der Waals surface area contributed by atoms with Gasteiger partial charge in [-0.2, -0.15) is 0 Å². The second-order valence-electron chi connectivity index (χ2n) is 5.30. The van der Waals surface area contributed by atoms with Gasteiger partial charge in [0.15, 0.2) is 0 Å². The average Bonchev–Trinajstić information content (AvgIpc) is 2.84. The molecule has 22 heavy (non-hydrogen) atoms. The SMILES string of the molecule is COC(=O)[C@@H]1C[C@H](NC(C)=O)CN1Cc1c(F)cccc1Cl. The third-order valence-corrected chi connectivity index (χ3v) is 4.06. The maximum Gasteiger partial charge on any atom is 0.323 e. The summed E-state index contributed by atoms with van der Waals surface area (Å²) in [5.74, 6) is -0.987. The van der Waals surface area contributed by atoms with Gasteiger partial charge in [-0.05, 0) is 18.6 Å². The van der Waals surface area contributed by atoms with Crippen molar-refractivity contribution in [3.8, 4) is 0 Å². The first-order valence-electron chi connectivity index (χ1n) is 6.94. The molecule has 1 amide bonds. The van der Waals surface area contributed by atoms with E-state index in [4.69, 9.17) is 16.3 Å². The number of amides is 1. The number of esters is 1. The molecule has 1 N–H and O–H groups in total. The van der Waals surface area contributed by atoms with Crippen molar-refractivity contribution in [2.45, 2.75) is 32.0 Å². The van der Waals surface area contributed by atoms with Gasteiger partial charge in [0.1, 0.15) is 11.9 Å². The van der Waals surface area contributed by atoms with E-state index in [1.807, 2.05) is 0 Å². The number of ether oxygens (including phenoxy) is 1. The van der Waals surface area contributed by atoms with Crippen molar-refractivity contribution in [3.63, 3.8) is 0 Å². The zero-order valence-electron chi connectivity index (χ0n) is 12.4. The zero-order chi connectivity index (χ0) is 16.3. The molecule has 1 aliphatic rings. The van der Waals surface area contributed by atoms with Crippen LogP contribution in [-0.2, 0) is 20.9 Å². The van der Waals surface area contributed by atoms with Gasteiger partial charge in [0.25, 0.3) is 0 Å². The third-order valence-electron chi connectivity index (χ3n) is 3.71. The van der Waals surface area contributed by atoms with Crippen molar-refractivity contribution in [3.05, 3.63) is 34.6 Å². The predicted molar refractivity (Wildman–Crippen MR) is 79.8 cm³/mol. The van der Waals surface area contributed by atoms with Gasteiger partial charge in [-0.25, -0.2) is 4.39 Å². The molecule has 0 bridgehead atoms. The van der Waals surface area contributed by atoms with Gasteiger partial charge < -0.3 is 10.1 Å². The van der Waals surface area contributed by atoms with E-state index in [2.05, 4.69) is 5.32 Å². The summed E-state index contributed by atoms with van der Waals surface area (Å²) in [6.07, 6.45) is 0.429. The van der Waals surface area contributed by atoms with Crippen LogP contribution in [0.3, 0.4) is 0 Å². The maximum absolute atomic E-state index is 13.9. The van der Waals surface area contributed by atoms with E-state index in [0.717, 1.165) is 0 Å². The second-order valence-corrected chi connectivity index (χ2v) is 5.71. The fourth-order valence-corrected chi connectivity index (χ4v) is 2.96. The molecule has 1 aromatic rings. The number of carbonyl (C=O) groups excluding carboxylic acids is 2. The van der Waals surface area contributed by atoms with E-state index in [0.29, 0.717) is 23.6 Å². The quantitative estimate of drug-likeness (QED) is 0.855. The van der Waals surface area contributed by atoms with Crippen molar-refractivity contribution in [2.24, 2.45) is 0 Å². The summed E-state index contributed by atoms with van der Waals surface area (Å²) in [4.78, 5) is 24.9. The molecule has 0 unspecified atom stereocenters. The van der Waals surface area contributed by atoms with Crippen LogP contribution in [-0.4, -0.2) is 42.5 Å². The first kappa shape index (κ1) is 16.7. The van der Waals surface area contributed by atoms with E-state index in [9.17, 15) is 14.0 Å². The predicted octanol–water partition coefficient (Wildman–Crippen LogP) is 1.73. The lowest BCUT2D eigenvalue weighted by atomic mass is 10.1. The van der Waals surface area contributed by atoms with Crippen LogP contribution in [0.15, 0.2) is 18.2 Å². The summed E-state index contributed by atoms with van der Waals surface area (Å²) < 4.78 is 18.7. The number of nitrogens with one attached hydrogen (secondary N) is 1. The van der Waals surface area contributed by atoms with Gasteiger partial charge in [0.05, 0.1) is 7.11 Å². The highest BCUT2D eigenvalue weighted by atomic mass is 35.5. The third kappa shape index (κ3) is 3.75. The number of benzene rings is 1. The molecular formula is C15H18ClFN2O3. The fraction of sp³-hybridized carbons (Fsp3) is 0.467. The summed E-state index contributed by atoms with van der Waals surface area (Å²) in [5, 5.41) is 3.09. The van der Waals surface area contributed by atoms with Gasteiger partial charge in [-0.1, -0.05) is 17.7 Å². The molecular weight excluding hydrogens is 311 g/mol. The molecule has 0 spiro atoms. The minimum atomic E-state index is -0.530. The number of likely N-dealkylation sites (tertiary alicyclic amines) is 1. The minimum Gasteiger partial charge on any atom is -0.468 e. The van der Waals surface area contributed by atoms with E-state index >= 15 is 0 Å². The van der Waals surface area contributed by atoms with Crippen LogP contribution >= 0.6 is 11.6 Å². The molecule has 120 valence electrons. The summed E-state index contributed by atoms with van der Waals surface area (Å²) in [6, 6.07) is 3.76. The van der Waals surface area contributed by atoms with Gasteiger partial charge in [-0.15, -0.1) is 0 Å². The van der Waals surface area contributed by atoms with Crippen LogP contribution in [0.5, 0.6) is 0 Å². The van der Waals surface area contributed by atoms with E-state index in [1.54, 1.807) is 11.0 Å². The molecule has 1 heterocycles. The Morgan fingerprint density at radius 3 is 2.82 bits per heavy atom. The Balaban J connectivity index is 2.19. The average molecular weight is 329 g/mol. The van der Waals surface area contributed by atoms with Crippen molar-refractivity contribution in [1.29, 1.82) is 0 Å². The van der Waals surface area contributed by atoms with Crippen LogP contribution in [0.2, 0.25) is 5.02 Å². The number of carbonyl (C=O) groups is 2. The van der Waals surface area contributed by atoms with Crippen molar-refractivity contribution < 1.29 is 18.7 Å². The Bertz CT molecular complexity index is 562. The molecule has 1 saturated heterocycles. The Morgan fingerprint density at radius 2 is 2.23 bits per heavy atom. The Kier molecular flexibility index (Phi) is 5.37. The second kappa shape index (κ2) is 7.07. The first-order chi connectivity index (χ1) is 10.4. The highest BCUT2D eigenvalue weighted by Gasteiger charge is 2.38. The number of methoxy groups -OCH3 is 1. The van der Waals surface area contributed by atoms with Crippen LogP contribution in [0.1, 0.15) is 18.9 Å². The Hall–Kier alpha value is -1.66. The summed E-state index contributed by atoms with van der Waals surface area (Å²) >= 11 is 6.04. The van der Waals surface area contributed by atoms with Crippen LogP contribution in [0.4, 0.5) is 4.39 Å². The summed E-state index contributed by atoms with van der Waals surface area (Å²) in [6.45, 7) is 2.04. The number of nitrogens with zero attached hydrogens (tertiary/aromatic N) is 1. The van der Waals surface area contributed by atoms with Gasteiger partial charge in [-0.3, -0.25) is 14.5 Å². The van der Waals surface area contributed by atoms with Gasteiger partial charge in [0, 0.05) is 36.6 Å². The molecule has 0 radical (unpaired) electrons. The molecule has 7 heteroatoms. The highest BCUT2D eigenvalue weighted by molar-refractivity contribution is 6.31. The molecule has 1 aliphatic heterocycles. The molecule has 0 aromatic heterocycles. The highest BCUT2D eigenvalue weighted by Crippen LogP contribution is 2.26. The number of rotatable bonds is 4. The largest absolute Gasteiger partial charge is 0.468 e. The van der Waals surface area contributed by atoms with E-state index < -0.39 is 17.8 Å². The summed E-state index contributed by atoms with van der Waals surface area (Å²) in [7, 11) is 1.31. The standard InChI is InChI=1S/C15H18ClFN2O3/c1-9(20)18-10-6-14(15(21)22-2)19(7-10)8-11-12(16)4-3-5-13(11)17/h3-5,10,14H,6-8H2,1-2H3,(H,18,20)/t10-,14-/m0/s1. The summed E-state index contributed by atoms with van der Waals surface area (Å²) in [5.41, 5.74) is 0.335. The molecule has 2 atom stereocenters. The lowest BCUT2D eigenvalue weighted by molar-refractivity contribution is -0.146. The van der Waals surface area contributed by atoms with Crippen molar-refractivity contribution >= 4 is 23.5 Å².